The zero-order chi connectivity index (χ0) is 20.4. The topological polar surface area (TPSA) is 92.7 Å². The van der Waals surface area contributed by atoms with E-state index in [4.69, 9.17) is 4.74 Å². The second-order valence-electron chi connectivity index (χ2n) is 7.99. The molecule has 2 aliphatic carbocycles. The van der Waals surface area contributed by atoms with Gasteiger partial charge < -0.3 is 15.2 Å². The largest absolute Gasteiger partial charge is 0.481 e. The monoisotopic (exact) mass is 405 g/mol. The van der Waals surface area contributed by atoms with Crippen molar-refractivity contribution in [1.82, 2.24) is 0 Å². The molecule has 0 aliphatic heterocycles. The molecule has 0 saturated carbocycles. The van der Waals surface area contributed by atoms with Crippen LogP contribution in [0.4, 0.5) is 5.00 Å². The number of ether oxygens (including phenoxy) is 1. The van der Waals surface area contributed by atoms with Crippen molar-refractivity contribution < 1.29 is 24.2 Å². The fourth-order valence-corrected chi connectivity index (χ4v) is 5.31. The first-order valence-electron chi connectivity index (χ1n) is 9.82. The van der Waals surface area contributed by atoms with E-state index in [1.54, 1.807) is 19.9 Å². The Morgan fingerprint density at radius 3 is 2.54 bits per heavy atom. The lowest BCUT2D eigenvalue weighted by Crippen LogP contribution is -2.34. The lowest BCUT2D eigenvalue weighted by atomic mass is 9.82. The molecule has 2 aliphatic rings. The number of anilines is 1. The van der Waals surface area contributed by atoms with Crippen molar-refractivity contribution in [2.24, 2.45) is 17.8 Å². The van der Waals surface area contributed by atoms with Crippen LogP contribution in [-0.2, 0) is 27.2 Å². The molecule has 3 atom stereocenters. The molecular formula is C21H27NO5S. The van der Waals surface area contributed by atoms with E-state index < -0.39 is 23.8 Å². The number of carboxylic acids is 1. The van der Waals surface area contributed by atoms with Gasteiger partial charge in [-0.3, -0.25) is 9.59 Å². The first-order valence-corrected chi connectivity index (χ1v) is 10.6. The van der Waals surface area contributed by atoms with Gasteiger partial charge in [-0.15, -0.1) is 11.3 Å². The van der Waals surface area contributed by atoms with E-state index in [0.717, 1.165) is 29.7 Å². The first-order chi connectivity index (χ1) is 13.3. The maximum absolute atomic E-state index is 12.9. The van der Waals surface area contributed by atoms with Gasteiger partial charge in [-0.25, -0.2) is 4.79 Å². The molecule has 0 bridgehead atoms. The van der Waals surface area contributed by atoms with Crippen LogP contribution in [0.5, 0.6) is 0 Å². The van der Waals surface area contributed by atoms with Crippen molar-refractivity contribution in [3.05, 3.63) is 28.2 Å². The molecule has 0 unspecified atom stereocenters. The highest BCUT2D eigenvalue weighted by atomic mass is 32.1. The highest BCUT2D eigenvalue weighted by Gasteiger charge is 2.36. The van der Waals surface area contributed by atoms with Crippen LogP contribution in [0.2, 0.25) is 0 Å². The highest BCUT2D eigenvalue weighted by Crippen LogP contribution is 2.41. The number of aliphatic carboxylic acids is 1. The molecule has 0 aromatic carbocycles. The Kier molecular flexibility index (Phi) is 6.23. The fraction of sp³-hybridized carbons (Fsp3) is 0.571. The van der Waals surface area contributed by atoms with Gasteiger partial charge >= 0.3 is 11.9 Å². The summed E-state index contributed by atoms with van der Waals surface area (Å²) in [5.41, 5.74) is 1.43. The molecule has 1 heterocycles. The molecule has 1 aromatic rings. The normalized spacial score (nSPS) is 23.9. The number of nitrogens with one attached hydrogen (secondary N) is 1. The van der Waals surface area contributed by atoms with Crippen molar-refractivity contribution in [3.8, 4) is 0 Å². The number of carbonyl (C=O) groups excluding carboxylic acids is 2. The molecule has 1 amide bonds. The Labute approximate surface area is 169 Å². The molecule has 3 rings (SSSR count). The average Bonchev–Trinajstić information content (AvgIpc) is 2.97. The van der Waals surface area contributed by atoms with Crippen molar-refractivity contribution in [2.45, 2.75) is 59.0 Å². The summed E-state index contributed by atoms with van der Waals surface area (Å²) >= 11 is 1.42. The number of carbonyl (C=O) groups is 3. The fourth-order valence-electron chi connectivity index (χ4n) is 3.91. The smallest absolute Gasteiger partial charge is 0.341 e. The molecule has 6 nitrogen and oxygen atoms in total. The van der Waals surface area contributed by atoms with Gasteiger partial charge in [0.1, 0.15) is 5.00 Å². The minimum absolute atomic E-state index is 0.256. The summed E-state index contributed by atoms with van der Waals surface area (Å²) < 4.78 is 5.43. The second kappa shape index (κ2) is 8.47. The summed E-state index contributed by atoms with van der Waals surface area (Å²) in [5, 5.41) is 12.8. The third-order valence-electron chi connectivity index (χ3n) is 5.38. The van der Waals surface area contributed by atoms with Gasteiger partial charge in [0.05, 0.1) is 23.5 Å². The summed E-state index contributed by atoms with van der Waals surface area (Å²) in [6, 6.07) is 0. The van der Waals surface area contributed by atoms with Crippen molar-refractivity contribution in [3.63, 3.8) is 0 Å². The molecule has 0 radical (unpaired) electrons. The molecule has 0 saturated heterocycles. The predicted octanol–water partition coefficient (Wildman–Crippen LogP) is 4.04. The minimum atomic E-state index is -0.969. The Hall–Kier alpha value is -2.15. The molecule has 2 N–H and O–H groups in total. The van der Waals surface area contributed by atoms with Crippen LogP contribution in [0, 0.1) is 17.8 Å². The standard InChI is InChI=1S/C21H27NO5S/c1-11(2)27-21(26)17-15-9-8-12(3)10-16(15)28-19(17)22-18(23)13-6-4-5-7-14(13)20(24)25/h4-5,11-14H,6-10H2,1-3H3,(H,22,23)(H,24,25)/t12-,13+,14+/m0/s1. The summed E-state index contributed by atoms with van der Waals surface area (Å²) in [6.07, 6.45) is 6.78. The maximum Gasteiger partial charge on any atom is 0.341 e. The van der Waals surface area contributed by atoms with Crippen LogP contribution >= 0.6 is 11.3 Å². The number of carboxylic acid groups (broad SMARTS) is 1. The number of hydrogen-bond acceptors (Lipinski definition) is 5. The number of thiophene rings is 1. The van der Waals surface area contributed by atoms with Crippen molar-refractivity contribution in [1.29, 1.82) is 0 Å². The minimum Gasteiger partial charge on any atom is -0.481 e. The zero-order valence-corrected chi connectivity index (χ0v) is 17.3. The number of allylic oxidation sites excluding steroid dienone is 2. The summed E-state index contributed by atoms with van der Waals surface area (Å²) in [4.78, 5) is 38.3. The zero-order valence-electron chi connectivity index (χ0n) is 16.5. The van der Waals surface area contributed by atoms with Crippen LogP contribution < -0.4 is 5.32 Å². The Bertz CT molecular complexity index is 810. The molecule has 7 heteroatoms. The van der Waals surface area contributed by atoms with Gasteiger partial charge in [0.15, 0.2) is 0 Å². The third-order valence-corrected chi connectivity index (χ3v) is 6.55. The number of hydrogen-bond donors (Lipinski definition) is 2. The van der Waals surface area contributed by atoms with E-state index in [-0.39, 0.29) is 12.0 Å². The second-order valence-corrected chi connectivity index (χ2v) is 9.10. The molecule has 0 fully saturated rings. The molecule has 152 valence electrons. The van der Waals surface area contributed by atoms with E-state index >= 15 is 0 Å². The number of amides is 1. The van der Waals surface area contributed by atoms with E-state index in [9.17, 15) is 19.5 Å². The van der Waals surface area contributed by atoms with Gasteiger partial charge in [-0.05, 0) is 57.4 Å². The van der Waals surface area contributed by atoms with Crippen molar-refractivity contribution in [2.75, 3.05) is 5.32 Å². The molecule has 0 spiro atoms. The first kappa shape index (κ1) is 20.6. The van der Waals surface area contributed by atoms with Crippen LogP contribution in [-0.4, -0.2) is 29.1 Å². The average molecular weight is 406 g/mol. The van der Waals surface area contributed by atoms with E-state index in [1.165, 1.54) is 11.3 Å². The van der Waals surface area contributed by atoms with Crippen LogP contribution in [0.1, 0.15) is 60.8 Å². The summed E-state index contributed by atoms with van der Waals surface area (Å²) in [6.45, 7) is 5.77. The van der Waals surface area contributed by atoms with Gasteiger partial charge in [0.2, 0.25) is 5.91 Å². The highest BCUT2D eigenvalue weighted by molar-refractivity contribution is 7.17. The van der Waals surface area contributed by atoms with Gasteiger partial charge in [0, 0.05) is 4.88 Å². The molecular weight excluding hydrogens is 378 g/mol. The van der Waals surface area contributed by atoms with Crippen LogP contribution in [0.15, 0.2) is 12.2 Å². The van der Waals surface area contributed by atoms with E-state index in [2.05, 4.69) is 12.2 Å². The van der Waals surface area contributed by atoms with E-state index in [1.807, 2.05) is 6.08 Å². The van der Waals surface area contributed by atoms with Crippen LogP contribution in [0.3, 0.4) is 0 Å². The molecule has 28 heavy (non-hydrogen) atoms. The lowest BCUT2D eigenvalue weighted by Gasteiger charge is -2.24. The van der Waals surface area contributed by atoms with Crippen molar-refractivity contribution >= 4 is 34.2 Å². The lowest BCUT2D eigenvalue weighted by molar-refractivity contribution is -0.146. The Morgan fingerprint density at radius 1 is 1.21 bits per heavy atom. The Morgan fingerprint density at radius 2 is 1.89 bits per heavy atom. The quantitative estimate of drug-likeness (QED) is 0.570. The number of esters is 1. The Balaban J connectivity index is 1.90. The SMILES string of the molecule is CC(C)OC(=O)c1c(NC(=O)[C@@H]2CC=CC[C@H]2C(=O)O)sc2c1CC[C@H](C)C2. The van der Waals surface area contributed by atoms with Crippen LogP contribution in [0.25, 0.3) is 0 Å². The number of rotatable bonds is 5. The third kappa shape index (κ3) is 4.29. The summed E-state index contributed by atoms with van der Waals surface area (Å²) in [7, 11) is 0. The number of fused-ring (bicyclic) bond motifs is 1. The predicted molar refractivity (Wildman–Crippen MR) is 108 cm³/mol. The maximum atomic E-state index is 12.9. The van der Waals surface area contributed by atoms with E-state index in [0.29, 0.717) is 29.3 Å². The van der Waals surface area contributed by atoms with Gasteiger partial charge in [-0.1, -0.05) is 19.1 Å². The summed E-state index contributed by atoms with van der Waals surface area (Å²) in [5.74, 6) is -2.59. The molecule has 1 aromatic heterocycles. The van der Waals surface area contributed by atoms with Gasteiger partial charge in [0.25, 0.3) is 0 Å². The van der Waals surface area contributed by atoms with Gasteiger partial charge in [-0.2, -0.15) is 0 Å².